The number of aromatic carboxylic acids is 1. The average molecular weight is 307 g/mol. The van der Waals surface area contributed by atoms with Crippen LogP contribution in [0, 0.1) is 17.8 Å². The molecule has 1 aliphatic carbocycles. The number of carbonyl (C=O) groups is 2. The van der Waals surface area contributed by atoms with Crippen molar-refractivity contribution in [2.24, 2.45) is 17.8 Å². The first kappa shape index (κ1) is 15.0. The van der Waals surface area contributed by atoms with Gasteiger partial charge in [0.15, 0.2) is 0 Å². The van der Waals surface area contributed by atoms with Crippen LogP contribution in [0.15, 0.2) is 12.5 Å². The summed E-state index contributed by atoms with van der Waals surface area (Å²) in [5, 5.41) is 21.4. The molecule has 120 valence electrons. The predicted octanol–water partition coefficient (Wildman–Crippen LogP) is 1.06. The highest BCUT2D eigenvalue weighted by molar-refractivity contribution is 5.85. The minimum Gasteiger partial charge on any atom is -0.480 e. The SMILES string of the molecule is O=C(O)c1cncn1C[C@H]1CC[C@H]2CN[C@H](C(=O)O)C[C@H]2C1. The molecule has 0 aromatic carbocycles. The maximum atomic E-state index is 11.1. The molecule has 1 saturated carbocycles. The quantitative estimate of drug-likeness (QED) is 0.768. The van der Waals surface area contributed by atoms with Crippen molar-refractivity contribution in [3.8, 4) is 0 Å². The molecule has 7 heteroatoms. The Labute approximate surface area is 128 Å². The number of nitrogens with zero attached hydrogens (tertiary/aromatic N) is 2. The van der Waals surface area contributed by atoms with Gasteiger partial charge in [-0.2, -0.15) is 0 Å². The second-order valence-electron chi connectivity index (χ2n) is 6.47. The number of aliphatic carboxylic acids is 1. The standard InChI is InChI=1S/C15H21N3O4/c19-14(20)12-4-11-3-9(1-2-10(11)5-17-12)7-18-8-16-6-13(18)15(21)22/h6,8-12,17H,1-5,7H2,(H,19,20)(H,21,22)/t9-,10-,11+,12-/m0/s1. The Kier molecular flexibility index (Phi) is 4.15. The van der Waals surface area contributed by atoms with E-state index in [1.54, 1.807) is 10.9 Å². The van der Waals surface area contributed by atoms with Crippen LogP contribution in [0.5, 0.6) is 0 Å². The van der Waals surface area contributed by atoms with Gasteiger partial charge < -0.3 is 20.1 Å². The Morgan fingerprint density at radius 1 is 1.27 bits per heavy atom. The number of imidazole rings is 1. The number of carboxylic acids is 2. The first-order valence-electron chi connectivity index (χ1n) is 7.74. The number of piperidine rings is 1. The largest absolute Gasteiger partial charge is 0.480 e. The summed E-state index contributed by atoms with van der Waals surface area (Å²) in [6.45, 7) is 1.43. The van der Waals surface area contributed by atoms with E-state index in [2.05, 4.69) is 10.3 Å². The third-order valence-electron chi connectivity index (χ3n) is 5.10. The van der Waals surface area contributed by atoms with Crippen LogP contribution in [-0.2, 0) is 11.3 Å². The predicted molar refractivity (Wildman–Crippen MR) is 77.6 cm³/mol. The molecule has 1 aliphatic heterocycles. The summed E-state index contributed by atoms with van der Waals surface area (Å²) in [6.07, 6.45) is 6.71. The van der Waals surface area contributed by atoms with Crippen molar-refractivity contribution in [1.82, 2.24) is 14.9 Å². The van der Waals surface area contributed by atoms with Crippen LogP contribution >= 0.6 is 0 Å². The first-order chi connectivity index (χ1) is 10.5. The summed E-state index contributed by atoms with van der Waals surface area (Å²) in [6, 6.07) is -0.442. The van der Waals surface area contributed by atoms with E-state index in [1.807, 2.05) is 0 Å². The van der Waals surface area contributed by atoms with Crippen molar-refractivity contribution in [3.63, 3.8) is 0 Å². The molecular formula is C15H21N3O4. The van der Waals surface area contributed by atoms with Gasteiger partial charge in [-0.05, 0) is 50.0 Å². The molecule has 22 heavy (non-hydrogen) atoms. The lowest BCUT2D eigenvalue weighted by Crippen LogP contribution is -2.49. The molecule has 4 atom stereocenters. The number of aromatic nitrogens is 2. The lowest BCUT2D eigenvalue weighted by atomic mass is 9.69. The smallest absolute Gasteiger partial charge is 0.354 e. The fourth-order valence-corrected chi connectivity index (χ4v) is 3.94. The number of hydrogen-bond acceptors (Lipinski definition) is 4. The highest BCUT2D eigenvalue weighted by atomic mass is 16.4. The molecule has 0 bridgehead atoms. The third kappa shape index (κ3) is 2.99. The fraction of sp³-hybridized carbons (Fsp3) is 0.667. The Balaban J connectivity index is 1.64. The molecule has 3 N–H and O–H groups in total. The highest BCUT2D eigenvalue weighted by Crippen LogP contribution is 2.39. The van der Waals surface area contributed by atoms with Crippen LogP contribution in [0.4, 0.5) is 0 Å². The Bertz CT molecular complexity index is 571. The van der Waals surface area contributed by atoms with Gasteiger partial charge in [-0.3, -0.25) is 4.79 Å². The molecule has 2 aliphatic rings. The Morgan fingerprint density at radius 3 is 2.82 bits per heavy atom. The van der Waals surface area contributed by atoms with E-state index >= 15 is 0 Å². The van der Waals surface area contributed by atoms with Crippen LogP contribution < -0.4 is 5.32 Å². The maximum absolute atomic E-state index is 11.1. The molecule has 3 rings (SSSR count). The van der Waals surface area contributed by atoms with Crippen molar-refractivity contribution in [1.29, 1.82) is 0 Å². The van der Waals surface area contributed by atoms with Crippen molar-refractivity contribution in [3.05, 3.63) is 18.2 Å². The van der Waals surface area contributed by atoms with Gasteiger partial charge in [-0.15, -0.1) is 0 Å². The lowest BCUT2D eigenvalue weighted by molar-refractivity contribution is -0.141. The van der Waals surface area contributed by atoms with Crippen molar-refractivity contribution >= 4 is 11.9 Å². The normalized spacial score (nSPS) is 31.5. The van der Waals surface area contributed by atoms with Crippen LogP contribution in [-0.4, -0.2) is 44.3 Å². The number of fused-ring (bicyclic) bond motifs is 1. The molecule has 0 spiro atoms. The summed E-state index contributed by atoms with van der Waals surface area (Å²) in [5.74, 6) is -0.380. The molecular weight excluding hydrogens is 286 g/mol. The first-order valence-corrected chi connectivity index (χ1v) is 7.74. The van der Waals surface area contributed by atoms with Gasteiger partial charge in [0.1, 0.15) is 11.7 Å². The van der Waals surface area contributed by atoms with Crippen molar-refractivity contribution in [2.75, 3.05) is 6.54 Å². The van der Waals surface area contributed by atoms with Gasteiger partial charge in [0.25, 0.3) is 0 Å². The Hall–Kier alpha value is -1.89. The minimum atomic E-state index is -0.959. The summed E-state index contributed by atoms with van der Waals surface area (Å²) in [5.41, 5.74) is 0.218. The molecule has 1 aromatic rings. The van der Waals surface area contributed by atoms with Gasteiger partial charge in [-0.1, -0.05) is 0 Å². The molecule has 1 saturated heterocycles. The average Bonchev–Trinajstić information content (AvgIpc) is 2.94. The van der Waals surface area contributed by atoms with E-state index in [0.29, 0.717) is 30.7 Å². The zero-order valence-electron chi connectivity index (χ0n) is 12.3. The number of carboxylic acid groups (broad SMARTS) is 2. The fourth-order valence-electron chi connectivity index (χ4n) is 3.94. The Morgan fingerprint density at radius 2 is 2.09 bits per heavy atom. The monoisotopic (exact) mass is 307 g/mol. The summed E-state index contributed by atoms with van der Waals surface area (Å²) < 4.78 is 1.70. The second-order valence-corrected chi connectivity index (χ2v) is 6.47. The van der Waals surface area contributed by atoms with Gasteiger partial charge in [0.2, 0.25) is 0 Å². The van der Waals surface area contributed by atoms with Crippen LogP contribution in [0.1, 0.15) is 36.2 Å². The van der Waals surface area contributed by atoms with Gasteiger partial charge >= 0.3 is 11.9 Å². The van der Waals surface area contributed by atoms with Gasteiger partial charge in [0.05, 0.1) is 12.5 Å². The number of rotatable bonds is 4. The molecule has 0 amide bonds. The van der Waals surface area contributed by atoms with Gasteiger partial charge in [0, 0.05) is 6.54 Å². The molecule has 2 fully saturated rings. The lowest BCUT2D eigenvalue weighted by Gasteiger charge is -2.41. The van der Waals surface area contributed by atoms with Crippen LogP contribution in [0.3, 0.4) is 0 Å². The second kappa shape index (κ2) is 6.08. The van der Waals surface area contributed by atoms with Gasteiger partial charge in [-0.25, -0.2) is 9.78 Å². The highest BCUT2D eigenvalue weighted by Gasteiger charge is 2.37. The van der Waals surface area contributed by atoms with E-state index in [9.17, 15) is 9.59 Å². The van der Waals surface area contributed by atoms with E-state index < -0.39 is 18.0 Å². The van der Waals surface area contributed by atoms with Crippen molar-refractivity contribution in [2.45, 2.75) is 38.3 Å². The number of nitrogens with one attached hydrogen (secondary N) is 1. The van der Waals surface area contributed by atoms with Crippen molar-refractivity contribution < 1.29 is 19.8 Å². The summed E-state index contributed by atoms with van der Waals surface area (Å²) in [4.78, 5) is 26.2. The zero-order valence-corrected chi connectivity index (χ0v) is 12.3. The molecule has 0 unspecified atom stereocenters. The zero-order chi connectivity index (χ0) is 15.7. The molecule has 2 heterocycles. The molecule has 1 aromatic heterocycles. The van der Waals surface area contributed by atoms with Crippen LogP contribution in [0.2, 0.25) is 0 Å². The molecule has 0 radical (unpaired) electrons. The number of hydrogen-bond donors (Lipinski definition) is 3. The maximum Gasteiger partial charge on any atom is 0.354 e. The summed E-state index contributed by atoms with van der Waals surface area (Å²) in [7, 11) is 0. The topological polar surface area (TPSA) is 104 Å². The minimum absolute atomic E-state index is 0.218. The molecule has 7 nitrogen and oxygen atoms in total. The van der Waals surface area contributed by atoms with Crippen LogP contribution in [0.25, 0.3) is 0 Å². The third-order valence-corrected chi connectivity index (χ3v) is 5.10. The van der Waals surface area contributed by atoms with E-state index in [1.165, 1.54) is 6.20 Å². The summed E-state index contributed by atoms with van der Waals surface area (Å²) >= 11 is 0. The van der Waals surface area contributed by atoms with E-state index in [4.69, 9.17) is 10.2 Å². The van der Waals surface area contributed by atoms with E-state index in [0.717, 1.165) is 25.8 Å². The van der Waals surface area contributed by atoms with E-state index in [-0.39, 0.29) is 5.69 Å².